The molecule has 1 saturated heterocycles. The summed E-state index contributed by atoms with van der Waals surface area (Å²) in [6, 6.07) is 7.02. The van der Waals surface area contributed by atoms with Crippen molar-refractivity contribution in [2.75, 3.05) is 13.1 Å². The van der Waals surface area contributed by atoms with Gasteiger partial charge in [-0.1, -0.05) is 11.6 Å². The van der Waals surface area contributed by atoms with Gasteiger partial charge >= 0.3 is 5.97 Å². The molecule has 0 bridgehead atoms. The van der Waals surface area contributed by atoms with Crippen LogP contribution >= 0.6 is 22.9 Å². The first-order chi connectivity index (χ1) is 12.9. The minimum Gasteiger partial charge on any atom is -0.486 e. The summed E-state index contributed by atoms with van der Waals surface area (Å²) in [6.45, 7) is 5.05. The zero-order chi connectivity index (χ0) is 19.4. The highest BCUT2D eigenvalue weighted by atomic mass is 35.5. The largest absolute Gasteiger partial charge is 0.486 e. The number of esters is 1. The molecule has 0 spiro atoms. The van der Waals surface area contributed by atoms with Gasteiger partial charge in [-0.15, -0.1) is 11.3 Å². The smallest absolute Gasteiger partial charge is 0.351 e. The first-order valence-electron chi connectivity index (χ1n) is 8.78. The molecule has 0 aliphatic carbocycles. The van der Waals surface area contributed by atoms with Gasteiger partial charge in [-0.2, -0.15) is 0 Å². The van der Waals surface area contributed by atoms with E-state index in [1.165, 1.54) is 11.3 Å². The van der Waals surface area contributed by atoms with Crippen LogP contribution in [0.15, 0.2) is 24.3 Å². The molecule has 2 heterocycles. The lowest BCUT2D eigenvalue weighted by Crippen LogP contribution is -2.38. The van der Waals surface area contributed by atoms with Gasteiger partial charge < -0.3 is 14.4 Å². The van der Waals surface area contributed by atoms with Crippen molar-refractivity contribution in [1.29, 1.82) is 0 Å². The maximum atomic E-state index is 12.4. The molecule has 3 rings (SSSR count). The monoisotopic (exact) mass is 408 g/mol. The summed E-state index contributed by atoms with van der Waals surface area (Å²) < 4.78 is 11.0. The number of thiazole rings is 1. The number of hydrogen-bond acceptors (Lipinski definition) is 6. The van der Waals surface area contributed by atoms with Crippen molar-refractivity contribution in [3.05, 3.63) is 44.9 Å². The van der Waals surface area contributed by atoms with Crippen LogP contribution in [0.1, 0.15) is 40.1 Å². The minimum absolute atomic E-state index is 0.144. The fourth-order valence-corrected chi connectivity index (χ4v) is 3.83. The number of halogens is 1. The molecule has 0 saturated carbocycles. The van der Waals surface area contributed by atoms with E-state index in [9.17, 15) is 9.59 Å². The number of amides is 1. The second-order valence-corrected chi connectivity index (χ2v) is 7.86. The number of aryl methyl sites for hydroxylation is 1. The molecule has 0 radical (unpaired) electrons. The van der Waals surface area contributed by atoms with Gasteiger partial charge in [-0.25, -0.2) is 9.78 Å². The topological polar surface area (TPSA) is 68.7 Å². The van der Waals surface area contributed by atoms with Crippen LogP contribution < -0.4 is 4.74 Å². The number of benzene rings is 1. The molecule has 8 heteroatoms. The molecule has 0 N–H and O–H groups in total. The number of aromatic nitrogens is 1. The predicted octanol–water partition coefficient (Wildman–Crippen LogP) is 3.85. The Morgan fingerprint density at radius 3 is 2.59 bits per heavy atom. The number of rotatable bonds is 6. The molecular weight excluding hydrogens is 388 g/mol. The summed E-state index contributed by atoms with van der Waals surface area (Å²) in [6.07, 6.45) is 1.19. The van der Waals surface area contributed by atoms with E-state index >= 15 is 0 Å². The number of ether oxygens (including phenoxy) is 2. The van der Waals surface area contributed by atoms with Gasteiger partial charge in [0.2, 0.25) is 0 Å². The molecule has 2 aromatic rings. The summed E-state index contributed by atoms with van der Waals surface area (Å²) in [5.74, 6) is -0.00156. The molecule has 1 atom stereocenters. The summed E-state index contributed by atoms with van der Waals surface area (Å²) in [5.41, 5.74) is 0.570. The molecule has 1 aliphatic heterocycles. The summed E-state index contributed by atoms with van der Waals surface area (Å²) in [4.78, 5) is 31.2. The third-order valence-electron chi connectivity index (χ3n) is 4.25. The van der Waals surface area contributed by atoms with Gasteiger partial charge in [-0.3, -0.25) is 4.79 Å². The van der Waals surface area contributed by atoms with Crippen molar-refractivity contribution in [2.45, 2.75) is 39.4 Å². The SMILES string of the molecule is Cc1nc(COc2ccc(Cl)cc2)sc1C(=O)O[C@H](C)C(=O)N1CCCC1. The molecule has 1 aromatic carbocycles. The molecule has 144 valence electrons. The standard InChI is InChI=1S/C19H21ClN2O4S/c1-12-17(19(24)26-13(2)18(23)22-9-3-4-10-22)27-16(21-12)11-25-15-7-5-14(20)6-8-15/h5-8,13H,3-4,9-11H2,1-2H3/t13-/m1/s1. The zero-order valence-corrected chi connectivity index (χ0v) is 16.8. The lowest BCUT2D eigenvalue weighted by atomic mass is 10.3. The number of likely N-dealkylation sites (tertiary alicyclic amines) is 1. The molecule has 1 aromatic heterocycles. The quantitative estimate of drug-likeness (QED) is 0.679. The average molecular weight is 409 g/mol. The van der Waals surface area contributed by atoms with Crippen molar-refractivity contribution in [2.24, 2.45) is 0 Å². The van der Waals surface area contributed by atoms with E-state index in [1.807, 2.05) is 0 Å². The van der Waals surface area contributed by atoms with E-state index in [0.717, 1.165) is 25.9 Å². The Bertz CT molecular complexity index is 816. The van der Waals surface area contributed by atoms with Crippen molar-refractivity contribution in [3.63, 3.8) is 0 Å². The van der Waals surface area contributed by atoms with Gasteiger partial charge in [0.05, 0.1) is 5.69 Å². The fourth-order valence-electron chi connectivity index (χ4n) is 2.84. The number of carbonyl (C=O) groups excluding carboxylic acids is 2. The molecule has 0 unspecified atom stereocenters. The predicted molar refractivity (Wildman–Crippen MR) is 103 cm³/mol. The van der Waals surface area contributed by atoms with E-state index in [4.69, 9.17) is 21.1 Å². The van der Waals surface area contributed by atoms with Crippen LogP contribution in [-0.2, 0) is 16.1 Å². The Morgan fingerprint density at radius 2 is 1.93 bits per heavy atom. The first-order valence-corrected chi connectivity index (χ1v) is 9.98. The fraction of sp³-hybridized carbons (Fsp3) is 0.421. The van der Waals surface area contributed by atoms with E-state index in [0.29, 0.717) is 26.4 Å². The minimum atomic E-state index is -0.800. The Labute approximate surface area is 167 Å². The van der Waals surface area contributed by atoms with Crippen LogP contribution in [0.25, 0.3) is 0 Å². The van der Waals surface area contributed by atoms with Gasteiger partial charge in [-0.05, 0) is 51.0 Å². The molecule has 1 amide bonds. The molecule has 27 heavy (non-hydrogen) atoms. The van der Waals surface area contributed by atoms with Gasteiger partial charge in [0.15, 0.2) is 6.10 Å². The Kier molecular flexibility index (Phi) is 6.34. The van der Waals surface area contributed by atoms with Crippen LogP contribution in [0.2, 0.25) is 5.02 Å². The van der Waals surface area contributed by atoms with Gasteiger partial charge in [0, 0.05) is 18.1 Å². The van der Waals surface area contributed by atoms with Crippen molar-refractivity contribution in [3.8, 4) is 5.75 Å². The number of carbonyl (C=O) groups is 2. The van der Waals surface area contributed by atoms with Crippen molar-refractivity contribution < 1.29 is 19.1 Å². The van der Waals surface area contributed by atoms with Crippen LogP contribution in [0.3, 0.4) is 0 Å². The maximum absolute atomic E-state index is 12.4. The normalized spacial score (nSPS) is 14.9. The number of hydrogen-bond donors (Lipinski definition) is 0. The highest BCUT2D eigenvalue weighted by Crippen LogP contribution is 2.23. The van der Waals surface area contributed by atoms with E-state index in [2.05, 4.69) is 4.98 Å². The third kappa shape index (κ3) is 4.99. The highest BCUT2D eigenvalue weighted by molar-refractivity contribution is 7.13. The van der Waals surface area contributed by atoms with Gasteiger partial charge in [0.1, 0.15) is 22.2 Å². The summed E-state index contributed by atoms with van der Waals surface area (Å²) in [5, 5.41) is 1.29. The van der Waals surface area contributed by atoms with Crippen LogP contribution in [0.5, 0.6) is 5.75 Å². The maximum Gasteiger partial charge on any atom is 0.351 e. The van der Waals surface area contributed by atoms with Crippen molar-refractivity contribution >= 4 is 34.8 Å². The molecule has 6 nitrogen and oxygen atoms in total. The first kappa shape index (κ1) is 19.6. The Hall–Kier alpha value is -2.12. The third-order valence-corrected chi connectivity index (χ3v) is 5.61. The zero-order valence-electron chi connectivity index (χ0n) is 15.2. The lowest BCUT2D eigenvalue weighted by Gasteiger charge is -2.20. The van der Waals surface area contributed by atoms with E-state index in [-0.39, 0.29) is 12.5 Å². The van der Waals surface area contributed by atoms with E-state index in [1.54, 1.807) is 43.0 Å². The Balaban J connectivity index is 1.58. The summed E-state index contributed by atoms with van der Waals surface area (Å²) >= 11 is 7.06. The van der Waals surface area contributed by atoms with Crippen molar-refractivity contribution in [1.82, 2.24) is 9.88 Å². The van der Waals surface area contributed by atoms with Crippen LogP contribution in [-0.4, -0.2) is 41.0 Å². The molecule has 1 fully saturated rings. The lowest BCUT2D eigenvalue weighted by molar-refractivity contribution is -0.138. The molecular formula is C19H21ClN2O4S. The van der Waals surface area contributed by atoms with Crippen LogP contribution in [0.4, 0.5) is 0 Å². The molecule has 1 aliphatic rings. The summed E-state index contributed by atoms with van der Waals surface area (Å²) in [7, 11) is 0. The van der Waals surface area contributed by atoms with E-state index < -0.39 is 12.1 Å². The number of nitrogens with zero attached hydrogens (tertiary/aromatic N) is 2. The Morgan fingerprint density at radius 1 is 1.26 bits per heavy atom. The van der Waals surface area contributed by atoms with Crippen LogP contribution in [0, 0.1) is 6.92 Å². The highest BCUT2D eigenvalue weighted by Gasteiger charge is 2.27. The second-order valence-electron chi connectivity index (χ2n) is 6.34. The second kappa shape index (κ2) is 8.71. The average Bonchev–Trinajstić information content (AvgIpc) is 3.30. The van der Waals surface area contributed by atoms with Gasteiger partial charge in [0.25, 0.3) is 5.91 Å².